The average molecular weight is 260 g/mol. The first-order valence-electron chi connectivity index (χ1n) is 6.49. The number of benzene rings is 2. The highest BCUT2D eigenvalue weighted by atomic mass is 16.3. The number of aryl methyl sites for hydroxylation is 2. The van der Waals surface area contributed by atoms with Crippen molar-refractivity contribution in [2.24, 2.45) is 0 Å². The van der Waals surface area contributed by atoms with Crippen LogP contribution < -0.4 is 0 Å². The molecule has 0 aliphatic heterocycles. The van der Waals surface area contributed by atoms with Gasteiger partial charge in [-0.1, -0.05) is 60.1 Å². The van der Waals surface area contributed by atoms with Gasteiger partial charge in [0.25, 0.3) is 0 Å². The quantitative estimate of drug-likeness (QED) is 0.722. The predicted octanol–water partition coefficient (Wildman–Crippen LogP) is 3.07. The molecule has 0 saturated carbocycles. The Kier molecular flexibility index (Phi) is 4.61. The van der Waals surface area contributed by atoms with Gasteiger partial charge < -0.3 is 5.11 Å². The molecule has 0 aliphatic carbocycles. The van der Waals surface area contributed by atoms with Crippen LogP contribution in [0.2, 0.25) is 0 Å². The van der Waals surface area contributed by atoms with Gasteiger partial charge >= 0.3 is 0 Å². The number of aliphatic hydroxyl groups excluding tert-OH is 1. The zero-order valence-corrected chi connectivity index (χ0v) is 11.6. The Morgan fingerprint density at radius 2 is 1.15 bits per heavy atom. The molecule has 0 fully saturated rings. The van der Waals surface area contributed by atoms with E-state index in [0.717, 1.165) is 22.3 Å². The summed E-state index contributed by atoms with van der Waals surface area (Å²) in [5, 5.41) is 9.81. The van der Waals surface area contributed by atoms with Gasteiger partial charge in [0.15, 0.2) is 6.10 Å². The molecule has 0 atom stereocenters. The smallest absolute Gasteiger partial charge is 0.177 e. The molecule has 0 spiro atoms. The first-order valence-corrected chi connectivity index (χ1v) is 6.49. The van der Waals surface area contributed by atoms with Gasteiger partial charge in [0.1, 0.15) is 0 Å². The van der Waals surface area contributed by atoms with Gasteiger partial charge in [0.2, 0.25) is 0 Å². The first-order chi connectivity index (χ1) is 9.66. The highest BCUT2D eigenvalue weighted by molar-refractivity contribution is 5.44. The Morgan fingerprint density at radius 1 is 0.750 bits per heavy atom. The van der Waals surface area contributed by atoms with E-state index in [1.54, 1.807) is 0 Å². The van der Waals surface area contributed by atoms with Crippen LogP contribution in [0, 0.1) is 37.5 Å². The molecule has 0 bridgehead atoms. The van der Waals surface area contributed by atoms with Crippen LogP contribution in [0.1, 0.15) is 22.3 Å². The molecule has 0 unspecified atom stereocenters. The van der Waals surface area contributed by atoms with Gasteiger partial charge in [-0.3, -0.25) is 0 Å². The van der Waals surface area contributed by atoms with Gasteiger partial charge in [-0.05, 0) is 37.1 Å². The molecule has 0 amide bonds. The Bertz CT molecular complexity index is 657. The molecule has 0 radical (unpaired) electrons. The molecule has 20 heavy (non-hydrogen) atoms. The number of hydrogen-bond donors (Lipinski definition) is 1. The summed E-state index contributed by atoms with van der Waals surface area (Å²) in [7, 11) is 0. The van der Waals surface area contributed by atoms with Crippen molar-refractivity contribution in [3.63, 3.8) is 0 Å². The van der Waals surface area contributed by atoms with E-state index >= 15 is 0 Å². The van der Waals surface area contributed by atoms with Crippen LogP contribution in [0.4, 0.5) is 0 Å². The van der Waals surface area contributed by atoms with E-state index in [1.165, 1.54) is 0 Å². The van der Waals surface area contributed by atoms with Crippen molar-refractivity contribution in [2.75, 3.05) is 0 Å². The second-order valence-corrected chi connectivity index (χ2v) is 4.57. The largest absolute Gasteiger partial charge is 0.369 e. The maximum atomic E-state index is 9.81. The number of aliphatic hydroxyl groups is 1. The molecule has 1 N–H and O–H groups in total. The molecule has 2 aromatic rings. The predicted molar refractivity (Wildman–Crippen MR) is 82.1 cm³/mol. The molecule has 0 aliphatic rings. The van der Waals surface area contributed by atoms with Crippen molar-refractivity contribution < 1.29 is 5.11 Å². The van der Waals surface area contributed by atoms with Gasteiger partial charge in [-0.25, -0.2) is 0 Å². The van der Waals surface area contributed by atoms with Gasteiger partial charge in [-0.2, -0.15) is 0 Å². The van der Waals surface area contributed by atoms with E-state index in [-0.39, 0.29) is 0 Å². The fourth-order valence-corrected chi connectivity index (χ4v) is 1.75. The van der Waals surface area contributed by atoms with Crippen LogP contribution in [0.3, 0.4) is 0 Å². The van der Waals surface area contributed by atoms with E-state index in [1.807, 2.05) is 62.4 Å². The summed E-state index contributed by atoms with van der Waals surface area (Å²) in [6, 6.07) is 15.7. The molecule has 0 heterocycles. The van der Waals surface area contributed by atoms with Crippen LogP contribution >= 0.6 is 0 Å². The summed E-state index contributed by atoms with van der Waals surface area (Å²) in [4.78, 5) is 0. The van der Waals surface area contributed by atoms with Crippen molar-refractivity contribution in [1.29, 1.82) is 0 Å². The van der Waals surface area contributed by atoms with Crippen LogP contribution in [0.5, 0.6) is 0 Å². The monoisotopic (exact) mass is 260 g/mol. The normalized spacial score (nSPS) is 9.40. The summed E-state index contributed by atoms with van der Waals surface area (Å²) in [5.74, 6) is 11.4. The van der Waals surface area contributed by atoms with Crippen LogP contribution in [-0.2, 0) is 0 Å². The number of rotatable bonds is 0. The van der Waals surface area contributed by atoms with Crippen LogP contribution in [0.15, 0.2) is 48.5 Å². The zero-order chi connectivity index (χ0) is 14.4. The third-order valence-electron chi connectivity index (χ3n) is 2.98. The molecule has 1 nitrogen and oxygen atoms in total. The summed E-state index contributed by atoms with van der Waals surface area (Å²) in [6.45, 7) is 3.99. The Morgan fingerprint density at radius 3 is 1.55 bits per heavy atom. The lowest BCUT2D eigenvalue weighted by molar-refractivity contribution is 0.289. The molecule has 0 aromatic heterocycles. The van der Waals surface area contributed by atoms with Gasteiger partial charge in [-0.15, -0.1) is 0 Å². The second kappa shape index (κ2) is 6.62. The topological polar surface area (TPSA) is 20.2 Å². The van der Waals surface area contributed by atoms with Gasteiger partial charge in [0, 0.05) is 11.1 Å². The SMILES string of the molecule is Cc1ccccc1C#CC(O)C#Cc1ccccc1C. The molecule has 2 rings (SSSR count). The molecule has 1 heteroatoms. The molecule has 98 valence electrons. The third-order valence-corrected chi connectivity index (χ3v) is 2.98. The van der Waals surface area contributed by atoms with E-state index < -0.39 is 6.10 Å². The molecular formula is C19H16O. The van der Waals surface area contributed by atoms with Crippen molar-refractivity contribution in [3.8, 4) is 23.7 Å². The lowest BCUT2D eigenvalue weighted by atomic mass is 10.1. The van der Waals surface area contributed by atoms with Crippen molar-refractivity contribution in [3.05, 3.63) is 70.8 Å². The minimum atomic E-state index is -0.936. The van der Waals surface area contributed by atoms with E-state index in [0.29, 0.717) is 0 Å². The second-order valence-electron chi connectivity index (χ2n) is 4.57. The van der Waals surface area contributed by atoms with Crippen molar-refractivity contribution in [1.82, 2.24) is 0 Å². The van der Waals surface area contributed by atoms with Crippen LogP contribution in [0.25, 0.3) is 0 Å². The summed E-state index contributed by atoms with van der Waals surface area (Å²) in [5.41, 5.74) is 4.03. The number of hydrogen-bond acceptors (Lipinski definition) is 1. The molecular weight excluding hydrogens is 244 g/mol. The minimum Gasteiger partial charge on any atom is -0.369 e. The highest BCUT2D eigenvalue weighted by Crippen LogP contribution is 2.05. The maximum Gasteiger partial charge on any atom is 0.177 e. The van der Waals surface area contributed by atoms with Crippen molar-refractivity contribution in [2.45, 2.75) is 20.0 Å². The van der Waals surface area contributed by atoms with Crippen molar-refractivity contribution >= 4 is 0 Å². The Labute approximate surface area is 120 Å². The lowest BCUT2D eigenvalue weighted by Gasteiger charge is -1.97. The first kappa shape index (κ1) is 13.9. The highest BCUT2D eigenvalue weighted by Gasteiger charge is 1.95. The molecule has 0 saturated heterocycles. The third kappa shape index (κ3) is 3.75. The fourth-order valence-electron chi connectivity index (χ4n) is 1.75. The average Bonchev–Trinajstić information content (AvgIpc) is 2.45. The summed E-state index contributed by atoms with van der Waals surface area (Å²) < 4.78 is 0. The molecule has 2 aromatic carbocycles. The minimum absolute atomic E-state index is 0.921. The Balaban J connectivity index is 2.14. The van der Waals surface area contributed by atoms with E-state index in [4.69, 9.17) is 0 Å². The Hall–Kier alpha value is -2.48. The van der Waals surface area contributed by atoms with Crippen LogP contribution in [-0.4, -0.2) is 11.2 Å². The standard InChI is InChI=1S/C19H16O/c1-15-7-3-5-9-17(15)11-13-19(20)14-12-18-10-6-4-8-16(18)2/h3-10,19-20H,1-2H3. The van der Waals surface area contributed by atoms with E-state index in [9.17, 15) is 5.11 Å². The summed E-state index contributed by atoms with van der Waals surface area (Å²) >= 11 is 0. The zero-order valence-electron chi connectivity index (χ0n) is 11.6. The fraction of sp³-hybridized carbons (Fsp3) is 0.158. The summed E-state index contributed by atoms with van der Waals surface area (Å²) in [6.07, 6.45) is -0.936. The maximum absolute atomic E-state index is 9.81. The van der Waals surface area contributed by atoms with Gasteiger partial charge in [0.05, 0.1) is 0 Å². The van der Waals surface area contributed by atoms with E-state index in [2.05, 4.69) is 23.7 Å². The lowest BCUT2D eigenvalue weighted by Crippen LogP contribution is -1.98.